The van der Waals surface area contributed by atoms with E-state index < -0.39 is 11.8 Å². The van der Waals surface area contributed by atoms with Crippen LogP contribution in [0.5, 0.6) is 0 Å². The molecule has 1 aromatic rings. The van der Waals surface area contributed by atoms with Gasteiger partial charge in [0.2, 0.25) is 0 Å². The summed E-state index contributed by atoms with van der Waals surface area (Å²) in [7, 11) is 0. The van der Waals surface area contributed by atoms with Gasteiger partial charge < -0.3 is 0 Å². The summed E-state index contributed by atoms with van der Waals surface area (Å²) in [6.45, 7) is -2.12. The summed E-state index contributed by atoms with van der Waals surface area (Å²) in [5, 5.41) is 3.54. The van der Waals surface area contributed by atoms with Crippen molar-refractivity contribution in [2.75, 3.05) is 4.86 Å². The molecule has 1 aromatic heterocycles. The number of hydrogen-bond donors (Lipinski definition) is 0. The van der Waals surface area contributed by atoms with E-state index in [9.17, 15) is 0 Å². The summed E-state index contributed by atoms with van der Waals surface area (Å²) in [5.41, 5.74) is 0. The van der Waals surface area contributed by atoms with Crippen molar-refractivity contribution in [3.8, 4) is 0 Å². The van der Waals surface area contributed by atoms with Gasteiger partial charge in [-0.05, 0) is 10.9 Å². The average molecular weight is 232 g/mol. The van der Waals surface area contributed by atoms with E-state index in [2.05, 4.69) is 5.10 Å². The highest BCUT2D eigenvalue weighted by Crippen LogP contribution is 1.73. The van der Waals surface area contributed by atoms with Crippen molar-refractivity contribution in [2.45, 2.75) is 0 Å². The Labute approximate surface area is 71.5 Å². The van der Waals surface area contributed by atoms with Crippen molar-refractivity contribution in [1.29, 1.82) is 0 Å². The van der Waals surface area contributed by atoms with Crippen LogP contribution < -0.4 is 0 Å². The third-order valence-corrected chi connectivity index (χ3v) is 0.504. The highest BCUT2D eigenvalue weighted by Gasteiger charge is 1.69. The minimum atomic E-state index is -2.12. The Hall–Kier alpha value is -0.0600. The molecule has 0 aliphatic carbocycles. The molecule has 1 heterocycles. The molecule has 3 heteroatoms. The predicted molar refractivity (Wildman–Crippen MR) is 43.2 cm³/mol. The number of halogens is 1. The lowest BCUT2D eigenvalue weighted by molar-refractivity contribution is 0.768. The Morgan fingerprint density at radius 2 is 2.62 bits per heavy atom. The summed E-state index contributed by atoms with van der Waals surface area (Å²) >= 11 is 1.38. The first-order valence-electron chi connectivity index (χ1n) is 4.80. The van der Waals surface area contributed by atoms with E-state index in [-0.39, 0.29) is 0 Å². The second-order valence-corrected chi connectivity index (χ2v) is 0.951. The van der Waals surface area contributed by atoms with E-state index in [1.807, 2.05) is 0 Å². The summed E-state index contributed by atoms with van der Waals surface area (Å²) in [6, 6.07) is 1.58. The van der Waals surface area contributed by atoms with Crippen LogP contribution in [0, 0.1) is 0 Å². The minimum Gasteiger partial charge on any atom is -0.276 e. The molecule has 46 valence electrons. The molecule has 1 rings (SSSR count). The first-order valence-corrected chi connectivity index (χ1v) is 2.87. The molecule has 0 fully saturated rings. The highest BCUT2D eigenvalue weighted by molar-refractivity contribution is 14.1. The van der Waals surface area contributed by atoms with Gasteiger partial charge in [-0.1, -0.05) is 22.6 Å². The third-order valence-electron chi connectivity index (χ3n) is 0.504. The van der Waals surface area contributed by atoms with Crippen LogP contribution in [0.25, 0.3) is 0 Å². The van der Waals surface area contributed by atoms with Crippen molar-refractivity contribution in [1.82, 2.24) is 9.78 Å². The molecule has 2 nitrogen and oxygen atoms in total. The largest absolute Gasteiger partial charge is 0.276 e. The van der Waals surface area contributed by atoms with Gasteiger partial charge in [-0.25, -0.2) is 0 Å². The molecule has 0 bridgehead atoms. The van der Waals surface area contributed by atoms with E-state index in [4.69, 9.17) is 8.22 Å². The molecule has 0 spiro atoms. The predicted octanol–water partition coefficient (Wildman–Crippen LogP) is 1.47. The number of alkyl halides is 1. The summed E-state index contributed by atoms with van der Waals surface area (Å²) in [6.07, 6.45) is 2.85. The number of nitrogens with zero attached hydrogens (tertiary/aromatic N) is 2. The zero-order valence-corrected chi connectivity index (χ0v) is 6.16. The molecule has 0 amide bonds. The van der Waals surface area contributed by atoms with Gasteiger partial charge in [0.05, 0.1) is 0 Å². The van der Waals surface area contributed by atoms with E-state index in [0.717, 1.165) is 4.68 Å². The number of aromatic nitrogens is 2. The van der Waals surface area contributed by atoms with Crippen LogP contribution in [0.1, 0.15) is 8.22 Å². The van der Waals surface area contributed by atoms with Crippen molar-refractivity contribution < 1.29 is 8.22 Å². The van der Waals surface area contributed by atoms with E-state index in [1.54, 1.807) is 6.07 Å². The summed E-state index contributed by atoms with van der Waals surface area (Å²) in [5.74, 6) is 0. The van der Waals surface area contributed by atoms with Crippen molar-refractivity contribution in [3.63, 3.8) is 0 Å². The lowest BCUT2D eigenvalue weighted by atomic mass is 10.8. The zero-order chi connectivity index (χ0) is 11.4. The van der Waals surface area contributed by atoms with Gasteiger partial charge in [0.1, 0.15) is 0 Å². The van der Waals surface area contributed by atoms with Crippen molar-refractivity contribution >= 4 is 22.6 Å². The van der Waals surface area contributed by atoms with Gasteiger partial charge >= 0.3 is 0 Å². The molecule has 0 saturated heterocycles. The van der Waals surface area contributed by atoms with Gasteiger partial charge in [-0.2, -0.15) is 5.10 Å². The van der Waals surface area contributed by atoms with Gasteiger partial charge in [0.15, 0.2) is 0 Å². The summed E-state index contributed by atoms with van der Waals surface area (Å²) in [4.78, 5) is -1.78. The van der Waals surface area contributed by atoms with Crippen molar-refractivity contribution in [3.05, 3.63) is 18.5 Å². The quantitative estimate of drug-likeness (QED) is 0.376. The second-order valence-electron chi connectivity index (χ2n) is 0.951. The van der Waals surface area contributed by atoms with Crippen LogP contribution >= 0.6 is 22.6 Å². The Morgan fingerprint density at radius 3 is 2.88 bits per heavy atom. The fourth-order valence-corrected chi connectivity index (χ4v) is 0.269. The zero-order valence-electron chi connectivity index (χ0n) is 10.0. The summed E-state index contributed by atoms with van der Waals surface area (Å²) < 4.78 is 40.2. The van der Waals surface area contributed by atoms with Gasteiger partial charge in [0, 0.05) is 27.6 Å². The van der Waals surface area contributed by atoms with Crippen LogP contribution in [0.3, 0.4) is 0 Å². The number of aryl methyl sites for hydroxylation is 1. The Morgan fingerprint density at radius 1 is 1.88 bits per heavy atom. The Kier molecular flexibility index (Phi) is 1.45. The van der Waals surface area contributed by atoms with Gasteiger partial charge in [-0.3, -0.25) is 4.68 Å². The SMILES string of the molecule is [2H][13C]([2H])([2H])I.[2H][13C]([2H])([2H])n1cccn1. The van der Waals surface area contributed by atoms with Gasteiger partial charge in [0.25, 0.3) is 0 Å². The van der Waals surface area contributed by atoms with Crippen LogP contribution in [0.4, 0.5) is 0 Å². The number of rotatable bonds is 0. The first-order chi connectivity index (χ1) is 6.11. The minimum absolute atomic E-state index is 0.938. The molecule has 0 unspecified atom stereocenters. The first kappa shape index (κ1) is 2.28. The Balaban J connectivity index is 0.000000292. The Bertz CT molecular complexity index is 244. The normalized spacial score (nSPS) is 21.6. The second kappa shape index (κ2) is 5.08. The van der Waals surface area contributed by atoms with Crippen LogP contribution in [-0.2, 0) is 6.98 Å². The third kappa shape index (κ3) is 3.01. The maximum absolute atomic E-state index is 6.82. The van der Waals surface area contributed by atoms with Crippen LogP contribution in [-0.4, -0.2) is 14.6 Å². The molecular weight excluding hydrogens is 217 g/mol. The monoisotopic (exact) mass is 232 g/mol. The topological polar surface area (TPSA) is 17.8 Å². The average Bonchev–Trinajstić information content (AvgIpc) is 2.28. The molecular formula is C5H9IN2. The fourth-order valence-electron chi connectivity index (χ4n) is 0.269. The molecule has 0 atom stereocenters. The molecule has 0 radical (unpaired) electrons. The molecule has 0 saturated carbocycles. The number of hydrogen-bond acceptors (Lipinski definition) is 1. The van der Waals surface area contributed by atoms with E-state index >= 15 is 0 Å². The highest BCUT2D eigenvalue weighted by atomic mass is 127. The lowest BCUT2D eigenvalue weighted by Gasteiger charge is -1.77. The van der Waals surface area contributed by atoms with Crippen LogP contribution in [0.15, 0.2) is 18.5 Å². The standard InChI is InChI=1S/C4H6N2.CH3I/c1-6-4-2-3-5-6;1-2/h2-4H,1H3;1H3/i2*1+1D3. The van der Waals surface area contributed by atoms with E-state index in [1.165, 1.54) is 35.0 Å². The fraction of sp³-hybridized carbons (Fsp3) is 0.400. The maximum Gasteiger partial charge on any atom is 0.0489 e. The smallest absolute Gasteiger partial charge is 0.0489 e. The molecule has 0 aromatic carbocycles. The molecule has 8 heavy (non-hydrogen) atoms. The molecule has 0 aliphatic heterocycles. The van der Waals surface area contributed by atoms with Gasteiger partial charge in [-0.15, -0.1) is 0 Å². The van der Waals surface area contributed by atoms with Crippen molar-refractivity contribution in [2.24, 2.45) is 6.98 Å². The molecule has 0 N–H and O–H groups in total. The van der Waals surface area contributed by atoms with Crippen LogP contribution in [0.2, 0.25) is 0 Å². The van der Waals surface area contributed by atoms with E-state index in [0.29, 0.717) is 0 Å². The maximum atomic E-state index is 6.82. The molecule has 0 aliphatic rings. The lowest BCUT2D eigenvalue weighted by Crippen LogP contribution is -1.83.